The van der Waals surface area contributed by atoms with Gasteiger partial charge in [-0.15, -0.1) is 11.8 Å². The number of nitrogens with zero attached hydrogens (tertiary/aromatic N) is 1. The van der Waals surface area contributed by atoms with Gasteiger partial charge in [0, 0.05) is 40.3 Å². The monoisotopic (exact) mass is 547 g/mol. The number of aryl methyl sites for hydroxylation is 1. The van der Waals surface area contributed by atoms with Crippen molar-refractivity contribution in [1.82, 2.24) is 20.6 Å². The molecular formula is C29H30ClN5O2S. The van der Waals surface area contributed by atoms with Gasteiger partial charge < -0.3 is 20.9 Å². The molecular weight excluding hydrogens is 518 g/mol. The number of halogens is 1. The van der Waals surface area contributed by atoms with E-state index < -0.39 is 6.04 Å². The Morgan fingerprint density at radius 1 is 1.08 bits per heavy atom. The zero-order valence-corrected chi connectivity index (χ0v) is 23.0. The van der Waals surface area contributed by atoms with E-state index in [2.05, 4.69) is 32.0 Å². The molecule has 0 saturated carbocycles. The molecule has 1 heterocycles. The van der Waals surface area contributed by atoms with Gasteiger partial charge in [0.1, 0.15) is 6.04 Å². The van der Waals surface area contributed by atoms with Crippen molar-refractivity contribution in [3.05, 3.63) is 101 Å². The van der Waals surface area contributed by atoms with Gasteiger partial charge in [-0.2, -0.15) is 0 Å². The minimum Gasteiger partial charge on any atom is -0.379 e. The fourth-order valence-electron chi connectivity index (χ4n) is 4.13. The number of carbonyl (C=O) groups is 2. The molecule has 0 aliphatic carbocycles. The van der Waals surface area contributed by atoms with Crippen LogP contribution in [-0.2, 0) is 17.8 Å². The highest BCUT2D eigenvalue weighted by molar-refractivity contribution is 7.98. The summed E-state index contributed by atoms with van der Waals surface area (Å²) in [7, 11) is 1.56. The van der Waals surface area contributed by atoms with E-state index in [4.69, 9.17) is 11.6 Å². The predicted octanol–water partition coefficient (Wildman–Crippen LogP) is 5.46. The Morgan fingerprint density at radius 3 is 2.53 bits per heavy atom. The molecule has 0 spiro atoms. The van der Waals surface area contributed by atoms with E-state index in [1.165, 1.54) is 0 Å². The molecule has 0 unspecified atom stereocenters. The summed E-state index contributed by atoms with van der Waals surface area (Å²) in [5, 5.41) is 9.59. The van der Waals surface area contributed by atoms with Crippen LogP contribution in [-0.4, -0.2) is 41.1 Å². The normalized spacial score (nSPS) is 11.6. The number of hydrogen-bond donors (Lipinski definition) is 4. The molecule has 2 amide bonds. The number of benzene rings is 3. The van der Waals surface area contributed by atoms with Crippen molar-refractivity contribution in [3.8, 4) is 11.1 Å². The van der Waals surface area contributed by atoms with Gasteiger partial charge in [-0.1, -0.05) is 41.9 Å². The topological polar surface area (TPSA) is 98.9 Å². The van der Waals surface area contributed by atoms with Crippen LogP contribution >= 0.6 is 23.4 Å². The lowest BCUT2D eigenvalue weighted by atomic mass is 10.0. The van der Waals surface area contributed by atoms with E-state index in [0.29, 0.717) is 23.6 Å². The van der Waals surface area contributed by atoms with E-state index in [1.54, 1.807) is 43.3 Å². The second kappa shape index (κ2) is 12.7. The van der Waals surface area contributed by atoms with Gasteiger partial charge in [0.25, 0.3) is 5.91 Å². The lowest BCUT2D eigenvalue weighted by Crippen LogP contribution is -2.47. The number of carbonyl (C=O) groups excluding carboxylic acids is 2. The molecule has 7 nitrogen and oxygen atoms in total. The molecule has 3 aromatic carbocycles. The van der Waals surface area contributed by atoms with Crippen LogP contribution < -0.4 is 16.0 Å². The maximum absolute atomic E-state index is 13.5. The first-order valence-corrected chi connectivity index (χ1v) is 13.8. The number of H-pyrrole nitrogens is 1. The molecule has 4 rings (SSSR count). The fourth-order valence-corrected chi connectivity index (χ4v) is 4.88. The van der Waals surface area contributed by atoms with Crippen molar-refractivity contribution in [2.45, 2.75) is 30.8 Å². The van der Waals surface area contributed by atoms with Crippen LogP contribution in [0.25, 0.3) is 11.1 Å². The van der Waals surface area contributed by atoms with Crippen molar-refractivity contribution < 1.29 is 9.59 Å². The summed E-state index contributed by atoms with van der Waals surface area (Å²) in [6.45, 7) is 2.47. The zero-order chi connectivity index (χ0) is 27.1. The van der Waals surface area contributed by atoms with Gasteiger partial charge in [0.2, 0.25) is 5.91 Å². The van der Waals surface area contributed by atoms with Crippen molar-refractivity contribution >= 4 is 40.9 Å². The smallest absolute Gasteiger partial charge is 0.252 e. The van der Waals surface area contributed by atoms with E-state index in [1.807, 2.05) is 55.6 Å². The summed E-state index contributed by atoms with van der Waals surface area (Å²) in [5.41, 5.74) is 5.92. The number of hydrogen-bond acceptors (Lipinski definition) is 5. The first-order valence-electron chi connectivity index (χ1n) is 12.2. The quantitative estimate of drug-likeness (QED) is 0.198. The third kappa shape index (κ3) is 6.76. The highest BCUT2D eigenvalue weighted by atomic mass is 35.5. The van der Waals surface area contributed by atoms with Crippen molar-refractivity contribution in [1.29, 1.82) is 0 Å². The Kier molecular flexibility index (Phi) is 9.10. The van der Waals surface area contributed by atoms with E-state index >= 15 is 0 Å². The maximum atomic E-state index is 13.5. The second-order valence-corrected chi connectivity index (χ2v) is 10.1. The van der Waals surface area contributed by atoms with Gasteiger partial charge in [-0.05, 0) is 66.3 Å². The highest BCUT2D eigenvalue weighted by Gasteiger charge is 2.22. The number of aromatic amines is 1. The largest absolute Gasteiger partial charge is 0.379 e. The van der Waals surface area contributed by atoms with Gasteiger partial charge in [-0.3, -0.25) is 9.59 Å². The number of rotatable bonds is 10. The highest BCUT2D eigenvalue weighted by Crippen LogP contribution is 2.32. The summed E-state index contributed by atoms with van der Waals surface area (Å²) < 4.78 is 0. The third-order valence-corrected chi connectivity index (χ3v) is 7.28. The van der Waals surface area contributed by atoms with Crippen LogP contribution in [0, 0.1) is 6.92 Å². The molecule has 0 saturated heterocycles. The Hall–Kier alpha value is -3.75. The van der Waals surface area contributed by atoms with E-state index in [0.717, 1.165) is 38.7 Å². The molecule has 0 radical (unpaired) electrons. The average Bonchev–Trinajstić information content (AvgIpc) is 3.36. The Labute approximate surface area is 231 Å². The van der Waals surface area contributed by atoms with Crippen LogP contribution in [0.3, 0.4) is 0 Å². The average molecular weight is 548 g/mol. The molecule has 4 N–H and O–H groups in total. The SMILES string of the molecule is CNC(=O)[C@@H](Cc1ccc(Cl)cc1)NC(=O)c1cc(NCc2nc[nH]c2C)cc(-c2ccccc2SC)c1. The lowest BCUT2D eigenvalue weighted by Gasteiger charge is -2.19. The molecule has 9 heteroatoms. The Morgan fingerprint density at radius 2 is 1.84 bits per heavy atom. The predicted molar refractivity (Wildman–Crippen MR) is 155 cm³/mol. The van der Waals surface area contributed by atoms with E-state index in [9.17, 15) is 9.59 Å². The van der Waals surface area contributed by atoms with Gasteiger partial charge in [-0.25, -0.2) is 4.98 Å². The molecule has 196 valence electrons. The standard InChI is InChI=1S/C29H30ClN5O2S/c1-18-26(34-17-33-18)16-32-23-14-20(24-6-4-5-7-27(24)38-3)13-21(15-23)28(36)35-25(29(37)31-2)12-19-8-10-22(30)11-9-19/h4-11,13-15,17,25,32H,12,16H2,1-3H3,(H,31,37)(H,33,34)(H,35,36)/t25-/m1/s1. The number of imidazole rings is 1. The number of likely N-dealkylation sites (N-methyl/N-ethyl adjacent to an activating group) is 1. The summed E-state index contributed by atoms with van der Waals surface area (Å²) in [5.74, 6) is -0.611. The van der Waals surface area contributed by atoms with Crippen LogP contribution in [0.15, 0.2) is 78.0 Å². The summed E-state index contributed by atoms with van der Waals surface area (Å²) in [6, 6.07) is 20.2. The van der Waals surface area contributed by atoms with Crippen LogP contribution in [0.5, 0.6) is 0 Å². The van der Waals surface area contributed by atoms with Crippen LogP contribution in [0.2, 0.25) is 5.02 Å². The minimum atomic E-state index is -0.751. The van der Waals surface area contributed by atoms with Crippen LogP contribution in [0.4, 0.5) is 5.69 Å². The lowest BCUT2D eigenvalue weighted by molar-refractivity contribution is -0.122. The first kappa shape index (κ1) is 27.3. The molecule has 0 aliphatic rings. The molecule has 0 fully saturated rings. The maximum Gasteiger partial charge on any atom is 0.252 e. The Balaban J connectivity index is 1.65. The number of anilines is 1. The number of thioether (sulfide) groups is 1. The van der Waals surface area contributed by atoms with Crippen molar-refractivity contribution in [2.75, 3.05) is 18.6 Å². The number of aromatic nitrogens is 2. The Bertz CT molecular complexity index is 1420. The molecule has 38 heavy (non-hydrogen) atoms. The number of amides is 2. The van der Waals surface area contributed by atoms with Gasteiger partial charge in [0.05, 0.1) is 18.6 Å². The van der Waals surface area contributed by atoms with Crippen molar-refractivity contribution in [3.63, 3.8) is 0 Å². The van der Waals surface area contributed by atoms with Crippen molar-refractivity contribution in [2.24, 2.45) is 0 Å². The molecule has 0 aliphatic heterocycles. The molecule has 1 aromatic heterocycles. The van der Waals surface area contributed by atoms with Crippen LogP contribution in [0.1, 0.15) is 27.3 Å². The van der Waals surface area contributed by atoms with E-state index in [-0.39, 0.29) is 11.8 Å². The molecule has 1 atom stereocenters. The fraction of sp³-hybridized carbons (Fsp3) is 0.207. The summed E-state index contributed by atoms with van der Waals surface area (Å²) in [4.78, 5) is 34.8. The van der Waals surface area contributed by atoms with Gasteiger partial charge in [0.15, 0.2) is 0 Å². The summed E-state index contributed by atoms with van der Waals surface area (Å²) in [6.07, 6.45) is 4.02. The minimum absolute atomic E-state index is 0.274. The molecule has 0 bridgehead atoms. The summed E-state index contributed by atoms with van der Waals surface area (Å²) >= 11 is 7.65. The third-order valence-electron chi connectivity index (χ3n) is 6.23. The zero-order valence-electron chi connectivity index (χ0n) is 21.5. The van der Waals surface area contributed by atoms with Gasteiger partial charge >= 0.3 is 0 Å². The molecule has 4 aromatic rings. The first-order chi connectivity index (χ1) is 18.4. The second-order valence-electron chi connectivity index (χ2n) is 8.80. The number of nitrogens with one attached hydrogen (secondary N) is 4.